The molecule has 0 saturated heterocycles. The van der Waals surface area contributed by atoms with Gasteiger partial charge in [0.25, 0.3) is 10.0 Å². The summed E-state index contributed by atoms with van der Waals surface area (Å²) in [6, 6.07) is 6.26. The second-order valence-corrected chi connectivity index (χ2v) is 9.05. The van der Waals surface area contributed by atoms with Gasteiger partial charge in [0, 0.05) is 38.3 Å². The van der Waals surface area contributed by atoms with Gasteiger partial charge in [-0.1, -0.05) is 31.9 Å². The number of aliphatic imine (C=N–C) groups is 1. The van der Waals surface area contributed by atoms with Gasteiger partial charge in [-0.2, -0.15) is 6.92 Å². The van der Waals surface area contributed by atoms with Gasteiger partial charge in [-0.25, -0.2) is 8.42 Å². The van der Waals surface area contributed by atoms with Crippen LogP contribution in [0.1, 0.15) is 57.9 Å². The minimum Gasteiger partial charge on any atom is -0.324 e. The summed E-state index contributed by atoms with van der Waals surface area (Å²) in [6.07, 6.45) is 7.42. The predicted molar refractivity (Wildman–Crippen MR) is 97.9 cm³/mol. The molecule has 5 nitrogen and oxygen atoms in total. The molecule has 1 aliphatic heterocycles. The van der Waals surface area contributed by atoms with Crippen molar-refractivity contribution >= 4 is 21.6 Å². The van der Waals surface area contributed by atoms with E-state index in [-0.39, 0.29) is 48.8 Å². The Balaban J connectivity index is 0.00000243. The summed E-state index contributed by atoms with van der Waals surface area (Å²) in [5, 5.41) is 0. The molecule has 0 unspecified atom stereocenters. The third kappa shape index (κ3) is 4.63. The zero-order valence-electron chi connectivity index (χ0n) is 15.4. The largest absolute Gasteiger partial charge is 0.324 e. The summed E-state index contributed by atoms with van der Waals surface area (Å²) in [5.41, 5.74) is 0.659. The van der Waals surface area contributed by atoms with Crippen molar-refractivity contribution in [3.8, 4) is 0 Å². The Hall–Kier alpha value is -0.586. The molecule has 26 heavy (non-hydrogen) atoms. The summed E-state index contributed by atoms with van der Waals surface area (Å²) in [5.74, 6) is 0.346. The number of ketones is 1. The third-order valence-electron chi connectivity index (χ3n) is 5.22. The Kier molecular flexibility index (Phi) is 7.19. The van der Waals surface area contributed by atoms with E-state index in [1.165, 1.54) is 12.8 Å². The van der Waals surface area contributed by atoms with E-state index in [4.69, 9.17) is 0 Å². The van der Waals surface area contributed by atoms with Crippen LogP contribution < -0.4 is 4.72 Å². The number of nitrogens with zero attached hydrogens (tertiary/aromatic N) is 1. The standard InChI is InChI=1S/C19H25N2O3S.Y/c1-3-8-16(22)15(13-19(2)11-6-7-12-19)20-18-14-9-4-5-10-17(14)25(23,24)21-18;/h3-5,9-10,15H,6-8,11-13H2,1-2H3,(H,20,21);/q-1;/t15-;/m0./s1. The van der Waals surface area contributed by atoms with Gasteiger partial charge < -0.3 is 11.2 Å². The molecule has 1 heterocycles. The number of fused-ring (bicyclic) bond motifs is 1. The smallest absolute Gasteiger partial charge is 0.263 e. The van der Waals surface area contributed by atoms with Crippen LogP contribution in [0.3, 0.4) is 0 Å². The van der Waals surface area contributed by atoms with Gasteiger partial charge in [0.2, 0.25) is 0 Å². The molecule has 7 heteroatoms. The van der Waals surface area contributed by atoms with Crippen molar-refractivity contribution < 1.29 is 45.9 Å². The number of Topliss-reactive ketones (excluding diaryl/α,β-unsaturated/α-hetero) is 1. The first kappa shape index (κ1) is 21.7. The minimum absolute atomic E-state index is 0. The van der Waals surface area contributed by atoms with Crippen LogP contribution in [0.4, 0.5) is 0 Å². The quantitative estimate of drug-likeness (QED) is 0.677. The van der Waals surface area contributed by atoms with Gasteiger partial charge in [-0.05, 0) is 36.8 Å². The number of hydrogen-bond donors (Lipinski definition) is 1. The molecule has 1 atom stereocenters. The number of carbonyl (C=O) groups excluding carboxylic acids is 1. The van der Waals surface area contributed by atoms with Crippen molar-refractivity contribution in [3.05, 3.63) is 36.2 Å². The van der Waals surface area contributed by atoms with Gasteiger partial charge >= 0.3 is 0 Å². The van der Waals surface area contributed by atoms with Gasteiger partial charge in [0.1, 0.15) is 17.7 Å². The van der Waals surface area contributed by atoms with Crippen LogP contribution >= 0.6 is 0 Å². The van der Waals surface area contributed by atoms with Gasteiger partial charge in [-0.3, -0.25) is 9.71 Å². The molecule has 1 fully saturated rings. The fraction of sp³-hybridized carbons (Fsp3) is 0.526. The zero-order chi connectivity index (χ0) is 18.1. The molecule has 1 radical (unpaired) electrons. The van der Waals surface area contributed by atoms with E-state index in [9.17, 15) is 13.2 Å². The Morgan fingerprint density at radius 3 is 2.62 bits per heavy atom. The van der Waals surface area contributed by atoms with E-state index in [0.717, 1.165) is 12.8 Å². The molecule has 139 valence electrons. The number of rotatable bonds is 6. The Morgan fingerprint density at radius 1 is 1.31 bits per heavy atom. The Bertz CT molecular complexity index is 799. The van der Waals surface area contributed by atoms with E-state index >= 15 is 0 Å². The van der Waals surface area contributed by atoms with Crippen LogP contribution in [0.25, 0.3) is 0 Å². The second-order valence-electron chi connectivity index (χ2n) is 7.40. The van der Waals surface area contributed by atoms with E-state index < -0.39 is 16.1 Å². The van der Waals surface area contributed by atoms with Crippen LogP contribution in [0.5, 0.6) is 0 Å². The SMILES string of the molecule is C[CH-]CC(=O)[C@H](CC1(C)CCCC1)N=C1NS(=O)(=O)c2ccccc21.[Y]. The van der Waals surface area contributed by atoms with Gasteiger partial charge in [0.15, 0.2) is 0 Å². The van der Waals surface area contributed by atoms with Crippen molar-refractivity contribution in [2.24, 2.45) is 10.4 Å². The molecular formula is C19H25N2O3SY-. The van der Waals surface area contributed by atoms with Crippen LogP contribution in [0.15, 0.2) is 34.2 Å². The zero-order valence-corrected chi connectivity index (χ0v) is 19.0. The van der Waals surface area contributed by atoms with Crippen molar-refractivity contribution in [2.75, 3.05) is 0 Å². The van der Waals surface area contributed by atoms with E-state index in [1.54, 1.807) is 24.3 Å². The summed E-state index contributed by atoms with van der Waals surface area (Å²) < 4.78 is 27.1. The predicted octanol–water partition coefficient (Wildman–Crippen LogP) is 3.24. The number of amidine groups is 1. The normalized spacial score (nSPS) is 22.3. The van der Waals surface area contributed by atoms with Gasteiger partial charge in [0.05, 0.1) is 4.90 Å². The maximum absolute atomic E-state index is 12.6. The van der Waals surface area contributed by atoms with E-state index in [2.05, 4.69) is 16.6 Å². The van der Waals surface area contributed by atoms with Crippen molar-refractivity contribution in [1.29, 1.82) is 0 Å². The third-order valence-corrected chi connectivity index (χ3v) is 6.62. The first-order chi connectivity index (χ1) is 11.8. The maximum Gasteiger partial charge on any atom is 0.263 e. The van der Waals surface area contributed by atoms with Crippen molar-refractivity contribution in [2.45, 2.75) is 63.3 Å². The summed E-state index contributed by atoms with van der Waals surface area (Å²) in [7, 11) is -3.58. The Morgan fingerprint density at radius 2 is 1.96 bits per heavy atom. The topological polar surface area (TPSA) is 75.6 Å². The van der Waals surface area contributed by atoms with Crippen molar-refractivity contribution in [1.82, 2.24) is 4.72 Å². The maximum atomic E-state index is 12.6. The average Bonchev–Trinajstić information content (AvgIpc) is 3.10. The average molecular weight is 450 g/mol. The number of hydrogen-bond acceptors (Lipinski definition) is 4. The molecule has 1 N–H and O–H groups in total. The van der Waals surface area contributed by atoms with Crippen LogP contribution in [-0.4, -0.2) is 26.1 Å². The number of sulfonamides is 1. The fourth-order valence-electron chi connectivity index (χ4n) is 3.85. The molecule has 1 aliphatic carbocycles. The van der Waals surface area contributed by atoms with E-state index in [1.807, 2.05) is 13.3 Å². The minimum atomic E-state index is -3.58. The first-order valence-electron chi connectivity index (χ1n) is 8.85. The van der Waals surface area contributed by atoms with Crippen LogP contribution in [0.2, 0.25) is 0 Å². The van der Waals surface area contributed by atoms with Crippen molar-refractivity contribution in [3.63, 3.8) is 0 Å². The summed E-state index contributed by atoms with van der Waals surface area (Å²) in [4.78, 5) is 17.4. The monoisotopic (exact) mass is 450 g/mol. The second kappa shape index (κ2) is 8.62. The molecule has 1 saturated carbocycles. The van der Waals surface area contributed by atoms with Gasteiger partial charge in [-0.15, -0.1) is 6.42 Å². The van der Waals surface area contributed by atoms with E-state index in [0.29, 0.717) is 24.2 Å². The molecule has 1 aromatic carbocycles. The molecule has 0 spiro atoms. The summed E-state index contributed by atoms with van der Waals surface area (Å²) in [6.45, 7) is 4.07. The number of carbonyl (C=O) groups is 1. The fourth-order valence-corrected chi connectivity index (χ4v) is 5.09. The van der Waals surface area contributed by atoms with Crippen LogP contribution in [-0.2, 0) is 47.5 Å². The molecule has 0 amide bonds. The molecule has 1 aromatic rings. The number of nitrogens with one attached hydrogen (secondary N) is 1. The molecular weight excluding hydrogens is 425 g/mol. The Labute approximate surface area is 181 Å². The van der Waals surface area contributed by atoms with Crippen LogP contribution in [0, 0.1) is 11.8 Å². The number of benzene rings is 1. The molecule has 2 aliphatic rings. The molecule has 3 rings (SSSR count). The first-order valence-corrected chi connectivity index (χ1v) is 10.3. The summed E-state index contributed by atoms with van der Waals surface area (Å²) >= 11 is 0. The molecule has 0 bridgehead atoms. The molecule has 0 aromatic heterocycles.